The lowest BCUT2D eigenvalue weighted by Crippen LogP contribution is -1.84. The lowest BCUT2D eigenvalue weighted by molar-refractivity contribution is 1.19. The van der Waals surface area contributed by atoms with Crippen LogP contribution in [-0.2, 0) is 0 Å². The topological polar surface area (TPSA) is 12.4 Å². The first-order chi connectivity index (χ1) is 8.19. The summed E-state index contributed by atoms with van der Waals surface area (Å²) in [5, 5.41) is 0. The molecule has 0 rings (SSSR count). The van der Waals surface area contributed by atoms with Gasteiger partial charge in [0.15, 0.2) is 0 Å². The second kappa shape index (κ2) is 9.38. The number of aliphatic imine (C=N–C) groups is 1. The molecule has 0 aromatic carbocycles. The summed E-state index contributed by atoms with van der Waals surface area (Å²) >= 11 is 0. The van der Waals surface area contributed by atoms with E-state index in [1.165, 1.54) is 5.57 Å². The van der Waals surface area contributed by atoms with Gasteiger partial charge in [0.25, 0.3) is 0 Å². The highest BCUT2D eigenvalue weighted by Crippen LogP contribution is 2.14. The van der Waals surface area contributed by atoms with Crippen LogP contribution in [0.1, 0.15) is 27.2 Å². The fraction of sp³-hybridized carbons (Fsp3) is 0.250. The average molecular weight is 227 g/mol. The van der Waals surface area contributed by atoms with Gasteiger partial charge in [-0.25, -0.2) is 4.99 Å². The quantitative estimate of drug-likeness (QED) is 0.352. The molecule has 0 amide bonds. The summed E-state index contributed by atoms with van der Waals surface area (Å²) < 4.78 is 0. The van der Waals surface area contributed by atoms with Crippen molar-refractivity contribution >= 4 is 6.21 Å². The van der Waals surface area contributed by atoms with E-state index < -0.39 is 0 Å². The molecule has 0 heterocycles. The zero-order valence-electron chi connectivity index (χ0n) is 11.0. The van der Waals surface area contributed by atoms with Crippen LogP contribution in [0, 0.1) is 0 Å². The van der Waals surface area contributed by atoms with Gasteiger partial charge < -0.3 is 0 Å². The lowest BCUT2D eigenvalue weighted by Gasteiger charge is -2.00. The molecule has 0 atom stereocenters. The lowest BCUT2D eigenvalue weighted by atomic mass is 10.1. The molecule has 0 radical (unpaired) electrons. The molecule has 0 aliphatic rings. The van der Waals surface area contributed by atoms with E-state index in [9.17, 15) is 0 Å². The van der Waals surface area contributed by atoms with Crippen molar-refractivity contribution in [3.05, 3.63) is 66.1 Å². The van der Waals surface area contributed by atoms with E-state index in [1.54, 1.807) is 12.3 Å². The van der Waals surface area contributed by atoms with E-state index in [4.69, 9.17) is 0 Å². The highest BCUT2D eigenvalue weighted by atomic mass is 14.7. The predicted molar refractivity (Wildman–Crippen MR) is 78.3 cm³/mol. The Kier molecular flexibility index (Phi) is 8.36. The molecule has 0 aliphatic carbocycles. The molecule has 0 aromatic rings. The Balaban J connectivity index is 5.16. The van der Waals surface area contributed by atoms with Gasteiger partial charge in [-0.1, -0.05) is 43.9 Å². The summed E-state index contributed by atoms with van der Waals surface area (Å²) in [5.41, 5.74) is 5.66. The third kappa shape index (κ3) is 6.34. The Morgan fingerprint density at radius 2 is 2.12 bits per heavy atom. The maximum Gasteiger partial charge on any atom is 0.112 e. The maximum atomic E-state index is 4.28. The van der Waals surface area contributed by atoms with Gasteiger partial charge in [-0.05, 0) is 32.4 Å². The standard InChI is InChI=1S/C16H21N/c1-6-10-12-17-16(9-4)15(8-3)13-14(5)11-7-2/h6,8,10-13H,3-4,7H2,1-2,5H3/b10-6-,14-11-,15-13+,17-12-. The molecule has 90 valence electrons. The molecular weight excluding hydrogens is 206 g/mol. The van der Waals surface area contributed by atoms with E-state index in [1.807, 2.05) is 25.2 Å². The van der Waals surface area contributed by atoms with E-state index in [-0.39, 0.29) is 0 Å². The number of hydrogen-bond donors (Lipinski definition) is 0. The van der Waals surface area contributed by atoms with E-state index in [0.29, 0.717) is 5.70 Å². The van der Waals surface area contributed by atoms with Crippen LogP contribution in [0.15, 0.2) is 71.1 Å². The highest BCUT2D eigenvalue weighted by Gasteiger charge is 1.97. The Labute approximate surface area is 105 Å². The van der Waals surface area contributed by atoms with Crippen LogP contribution >= 0.6 is 0 Å². The maximum absolute atomic E-state index is 4.28. The van der Waals surface area contributed by atoms with Crippen LogP contribution in [0.3, 0.4) is 0 Å². The predicted octanol–water partition coefficient (Wildman–Crippen LogP) is 4.77. The molecule has 0 fully saturated rings. The molecule has 0 aliphatic heterocycles. The van der Waals surface area contributed by atoms with Gasteiger partial charge >= 0.3 is 0 Å². The van der Waals surface area contributed by atoms with Crippen molar-refractivity contribution in [3.8, 4) is 0 Å². The smallest absolute Gasteiger partial charge is 0.112 e. The zero-order chi connectivity index (χ0) is 13.1. The summed E-state index contributed by atoms with van der Waals surface area (Å²) in [6, 6.07) is 0. The van der Waals surface area contributed by atoms with Crippen molar-refractivity contribution in [2.45, 2.75) is 27.2 Å². The first kappa shape index (κ1) is 15.2. The van der Waals surface area contributed by atoms with E-state index in [2.05, 4.69) is 43.8 Å². The fourth-order valence-electron chi connectivity index (χ4n) is 1.28. The molecule has 1 heteroatoms. The molecule has 17 heavy (non-hydrogen) atoms. The van der Waals surface area contributed by atoms with Gasteiger partial charge in [0, 0.05) is 11.8 Å². The molecule has 0 saturated carbocycles. The first-order valence-electron chi connectivity index (χ1n) is 5.76. The normalized spacial score (nSPS) is 13.1. The number of allylic oxidation sites excluding steroid dienone is 6. The van der Waals surface area contributed by atoms with Gasteiger partial charge in [0.05, 0.1) is 0 Å². The van der Waals surface area contributed by atoms with Gasteiger partial charge in [-0.2, -0.15) is 0 Å². The fourth-order valence-corrected chi connectivity index (χ4v) is 1.28. The van der Waals surface area contributed by atoms with Gasteiger partial charge in [0.2, 0.25) is 0 Å². The number of rotatable bonds is 6. The third-order valence-electron chi connectivity index (χ3n) is 2.05. The molecule has 0 bridgehead atoms. The minimum atomic E-state index is 0.710. The molecule has 0 aromatic heterocycles. The van der Waals surface area contributed by atoms with Crippen molar-refractivity contribution in [1.29, 1.82) is 0 Å². The zero-order valence-corrected chi connectivity index (χ0v) is 11.0. The van der Waals surface area contributed by atoms with Crippen LogP contribution in [-0.4, -0.2) is 6.21 Å². The first-order valence-corrected chi connectivity index (χ1v) is 5.76. The molecular formula is C16H21N. The molecule has 1 nitrogen and oxygen atoms in total. The second-order valence-electron chi connectivity index (χ2n) is 3.49. The van der Waals surface area contributed by atoms with Crippen LogP contribution in [0.25, 0.3) is 0 Å². The average Bonchev–Trinajstić information content (AvgIpc) is 2.33. The molecule has 0 spiro atoms. The Morgan fingerprint density at radius 3 is 2.59 bits per heavy atom. The van der Waals surface area contributed by atoms with Crippen LogP contribution in [0.4, 0.5) is 0 Å². The summed E-state index contributed by atoms with van der Waals surface area (Å²) in [6.45, 7) is 13.6. The van der Waals surface area contributed by atoms with Crippen LogP contribution < -0.4 is 0 Å². The molecule has 0 saturated heterocycles. The van der Waals surface area contributed by atoms with Crippen molar-refractivity contribution < 1.29 is 0 Å². The Bertz CT molecular complexity index is 411. The Morgan fingerprint density at radius 1 is 1.41 bits per heavy atom. The van der Waals surface area contributed by atoms with Gasteiger partial charge in [-0.15, -0.1) is 5.73 Å². The van der Waals surface area contributed by atoms with E-state index in [0.717, 1.165) is 12.0 Å². The largest absolute Gasteiger partial charge is 0.248 e. The summed E-state index contributed by atoms with van der Waals surface area (Å²) in [5.74, 6) is 0. The summed E-state index contributed by atoms with van der Waals surface area (Å²) in [7, 11) is 0. The van der Waals surface area contributed by atoms with Crippen LogP contribution in [0.5, 0.6) is 0 Å². The van der Waals surface area contributed by atoms with Crippen molar-refractivity contribution in [3.63, 3.8) is 0 Å². The summed E-state index contributed by atoms with van der Waals surface area (Å²) in [6.07, 6.45) is 12.5. The molecule has 0 unspecified atom stereocenters. The Hall–Kier alpha value is -1.85. The number of hydrogen-bond acceptors (Lipinski definition) is 1. The van der Waals surface area contributed by atoms with Crippen LogP contribution in [0.2, 0.25) is 0 Å². The van der Waals surface area contributed by atoms with Gasteiger partial charge in [-0.3, -0.25) is 0 Å². The van der Waals surface area contributed by atoms with Crippen molar-refractivity contribution in [2.75, 3.05) is 0 Å². The second-order valence-corrected chi connectivity index (χ2v) is 3.49. The molecule has 0 N–H and O–H groups in total. The minimum absolute atomic E-state index is 0.710. The third-order valence-corrected chi connectivity index (χ3v) is 2.05. The van der Waals surface area contributed by atoms with Gasteiger partial charge in [0.1, 0.15) is 5.70 Å². The summed E-state index contributed by atoms with van der Waals surface area (Å²) in [4.78, 5) is 4.28. The van der Waals surface area contributed by atoms with Crippen molar-refractivity contribution in [2.24, 2.45) is 4.99 Å². The number of nitrogens with zero attached hydrogens (tertiary/aromatic N) is 1. The monoisotopic (exact) mass is 227 g/mol. The van der Waals surface area contributed by atoms with E-state index >= 15 is 0 Å². The minimum Gasteiger partial charge on any atom is -0.248 e. The SMILES string of the molecule is C=C=C(/N=C\C=C/C)/C(C=C)=C/C(C)=C\CC. The highest BCUT2D eigenvalue weighted by molar-refractivity contribution is 5.73. The van der Waals surface area contributed by atoms with Crippen molar-refractivity contribution in [1.82, 2.24) is 0 Å².